The van der Waals surface area contributed by atoms with Gasteiger partial charge in [-0.1, -0.05) is 29.3 Å². The van der Waals surface area contributed by atoms with Crippen molar-refractivity contribution < 1.29 is 4.74 Å². The highest BCUT2D eigenvalue weighted by Crippen LogP contribution is 2.25. The Kier molecular flexibility index (Phi) is 4.09. The molecule has 4 heteroatoms. The third-order valence-electron chi connectivity index (χ3n) is 3.01. The standard InChI is InChI=1S/C12H15Cl2NO/c1-16-10-5-9(6-10)15-7-8-2-3-11(13)12(14)4-8/h2-4,9-10,15H,5-7H2,1H3. The molecular weight excluding hydrogens is 245 g/mol. The first-order valence-electron chi connectivity index (χ1n) is 5.39. The molecule has 1 aromatic carbocycles. The first-order valence-corrected chi connectivity index (χ1v) is 6.14. The quantitative estimate of drug-likeness (QED) is 0.897. The van der Waals surface area contributed by atoms with Crippen molar-refractivity contribution in [2.45, 2.75) is 31.5 Å². The lowest BCUT2D eigenvalue weighted by Crippen LogP contribution is -2.44. The van der Waals surface area contributed by atoms with Gasteiger partial charge >= 0.3 is 0 Å². The molecule has 2 rings (SSSR count). The molecule has 1 fully saturated rings. The number of methoxy groups -OCH3 is 1. The highest BCUT2D eigenvalue weighted by atomic mass is 35.5. The molecule has 0 amide bonds. The van der Waals surface area contributed by atoms with E-state index in [1.54, 1.807) is 7.11 Å². The average molecular weight is 260 g/mol. The molecule has 0 heterocycles. The Bertz CT molecular complexity index is 364. The van der Waals surface area contributed by atoms with Crippen molar-refractivity contribution in [3.05, 3.63) is 33.8 Å². The van der Waals surface area contributed by atoms with Crippen LogP contribution in [0.2, 0.25) is 10.0 Å². The van der Waals surface area contributed by atoms with E-state index in [2.05, 4.69) is 5.32 Å². The molecule has 0 atom stereocenters. The molecule has 0 unspecified atom stereocenters. The molecule has 2 nitrogen and oxygen atoms in total. The van der Waals surface area contributed by atoms with Gasteiger partial charge in [0.05, 0.1) is 16.1 Å². The Morgan fingerprint density at radius 2 is 2.06 bits per heavy atom. The van der Waals surface area contributed by atoms with Gasteiger partial charge in [0.1, 0.15) is 0 Å². The fourth-order valence-electron chi connectivity index (χ4n) is 1.84. The highest BCUT2D eigenvalue weighted by molar-refractivity contribution is 6.42. The largest absolute Gasteiger partial charge is 0.381 e. The van der Waals surface area contributed by atoms with Crippen LogP contribution in [0.3, 0.4) is 0 Å². The van der Waals surface area contributed by atoms with E-state index in [9.17, 15) is 0 Å². The normalized spacial score (nSPS) is 24.2. The summed E-state index contributed by atoms with van der Waals surface area (Å²) in [5.74, 6) is 0. The van der Waals surface area contributed by atoms with Crippen LogP contribution < -0.4 is 5.32 Å². The summed E-state index contributed by atoms with van der Waals surface area (Å²) in [5, 5.41) is 4.68. The number of nitrogens with one attached hydrogen (secondary N) is 1. The fourth-order valence-corrected chi connectivity index (χ4v) is 2.16. The van der Waals surface area contributed by atoms with E-state index in [-0.39, 0.29) is 0 Å². The van der Waals surface area contributed by atoms with Crippen molar-refractivity contribution in [1.29, 1.82) is 0 Å². The Morgan fingerprint density at radius 3 is 2.69 bits per heavy atom. The van der Waals surface area contributed by atoms with E-state index in [0.29, 0.717) is 22.2 Å². The molecule has 0 radical (unpaired) electrons. The average Bonchev–Trinajstić information content (AvgIpc) is 2.21. The van der Waals surface area contributed by atoms with Crippen LogP contribution in [0.1, 0.15) is 18.4 Å². The smallest absolute Gasteiger partial charge is 0.0601 e. The summed E-state index contributed by atoms with van der Waals surface area (Å²) < 4.78 is 5.22. The first-order chi connectivity index (χ1) is 7.69. The maximum atomic E-state index is 5.94. The zero-order valence-corrected chi connectivity index (χ0v) is 10.7. The van der Waals surface area contributed by atoms with Crippen LogP contribution in [-0.2, 0) is 11.3 Å². The minimum absolute atomic E-state index is 0.436. The molecule has 1 aliphatic rings. The Labute approximate surface area is 106 Å². The molecule has 1 saturated carbocycles. The van der Waals surface area contributed by atoms with Crippen molar-refractivity contribution in [2.75, 3.05) is 7.11 Å². The molecule has 0 spiro atoms. The van der Waals surface area contributed by atoms with Crippen LogP contribution in [0.5, 0.6) is 0 Å². The molecule has 0 aromatic heterocycles. The third-order valence-corrected chi connectivity index (χ3v) is 3.75. The molecule has 0 saturated heterocycles. The van der Waals surface area contributed by atoms with Crippen molar-refractivity contribution in [3.63, 3.8) is 0 Å². The molecule has 1 aromatic rings. The predicted molar refractivity (Wildman–Crippen MR) is 67.1 cm³/mol. The summed E-state index contributed by atoms with van der Waals surface area (Å²) in [5.41, 5.74) is 1.16. The number of benzene rings is 1. The van der Waals surface area contributed by atoms with E-state index in [1.807, 2.05) is 18.2 Å². The summed E-state index contributed by atoms with van der Waals surface area (Å²) in [6, 6.07) is 6.30. The third kappa shape index (κ3) is 2.89. The van der Waals surface area contributed by atoms with Gasteiger partial charge < -0.3 is 10.1 Å². The molecule has 1 N–H and O–H groups in total. The number of hydrogen-bond acceptors (Lipinski definition) is 2. The molecule has 0 aliphatic heterocycles. The summed E-state index contributed by atoms with van der Waals surface area (Å²) >= 11 is 11.8. The van der Waals surface area contributed by atoms with Crippen LogP contribution in [0.15, 0.2) is 18.2 Å². The van der Waals surface area contributed by atoms with E-state index >= 15 is 0 Å². The van der Waals surface area contributed by atoms with E-state index in [4.69, 9.17) is 27.9 Å². The molecule has 1 aliphatic carbocycles. The second kappa shape index (κ2) is 5.37. The molecule has 0 bridgehead atoms. The molecule has 88 valence electrons. The van der Waals surface area contributed by atoms with E-state index < -0.39 is 0 Å². The van der Waals surface area contributed by atoms with E-state index in [0.717, 1.165) is 24.9 Å². The lowest BCUT2D eigenvalue weighted by molar-refractivity contribution is 0.0170. The molecular formula is C12H15Cl2NO. The van der Waals surface area contributed by atoms with Gasteiger partial charge in [0, 0.05) is 19.7 Å². The number of ether oxygens (including phenoxy) is 1. The van der Waals surface area contributed by atoms with Crippen LogP contribution in [0.25, 0.3) is 0 Å². The minimum Gasteiger partial charge on any atom is -0.381 e. The van der Waals surface area contributed by atoms with E-state index in [1.165, 1.54) is 0 Å². The summed E-state index contributed by atoms with van der Waals surface area (Å²) in [4.78, 5) is 0. The van der Waals surface area contributed by atoms with Gasteiger partial charge in [0.2, 0.25) is 0 Å². The summed E-state index contributed by atoms with van der Waals surface area (Å²) in [6.07, 6.45) is 2.63. The van der Waals surface area contributed by atoms with Gasteiger partial charge in [-0.15, -0.1) is 0 Å². The van der Waals surface area contributed by atoms with Gasteiger partial charge in [0.15, 0.2) is 0 Å². The Balaban J connectivity index is 1.80. The molecule has 16 heavy (non-hydrogen) atoms. The topological polar surface area (TPSA) is 21.3 Å². The Morgan fingerprint density at radius 1 is 1.31 bits per heavy atom. The summed E-state index contributed by atoms with van der Waals surface area (Å²) in [6.45, 7) is 0.831. The predicted octanol–water partition coefficient (Wildman–Crippen LogP) is 3.26. The van der Waals surface area contributed by atoms with Gasteiger partial charge in [-0.25, -0.2) is 0 Å². The van der Waals surface area contributed by atoms with Crippen molar-refractivity contribution in [2.24, 2.45) is 0 Å². The van der Waals surface area contributed by atoms with Crippen LogP contribution in [-0.4, -0.2) is 19.3 Å². The maximum absolute atomic E-state index is 5.94. The highest BCUT2D eigenvalue weighted by Gasteiger charge is 2.28. The number of rotatable bonds is 4. The monoisotopic (exact) mass is 259 g/mol. The SMILES string of the molecule is COC1CC(NCc2ccc(Cl)c(Cl)c2)C1. The van der Waals surface area contributed by atoms with Gasteiger partial charge in [0.25, 0.3) is 0 Å². The van der Waals surface area contributed by atoms with Crippen molar-refractivity contribution in [3.8, 4) is 0 Å². The first kappa shape index (κ1) is 12.2. The van der Waals surface area contributed by atoms with Gasteiger partial charge in [-0.05, 0) is 30.5 Å². The van der Waals surface area contributed by atoms with Crippen molar-refractivity contribution in [1.82, 2.24) is 5.32 Å². The Hall–Kier alpha value is -0.280. The maximum Gasteiger partial charge on any atom is 0.0601 e. The zero-order chi connectivity index (χ0) is 11.5. The number of hydrogen-bond donors (Lipinski definition) is 1. The van der Waals surface area contributed by atoms with Crippen LogP contribution in [0, 0.1) is 0 Å². The van der Waals surface area contributed by atoms with Crippen LogP contribution >= 0.6 is 23.2 Å². The van der Waals surface area contributed by atoms with Gasteiger partial charge in [-0.3, -0.25) is 0 Å². The second-order valence-corrected chi connectivity index (χ2v) is 4.97. The summed E-state index contributed by atoms with van der Waals surface area (Å²) in [7, 11) is 1.76. The minimum atomic E-state index is 0.436. The lowest BCUT2D eigenvalue weighted by atomic mass is 9.89. The second-order valence-electron chi connectivity index (χ2n) is 4.16. The van der Waals surface area contributed by atoms with Crippen LogP contribution in [0.4, 0.5) is 0 Å². The number of halogens is 2. The fraction of sp³-hybridized carbons (Fsp3) is 0.500. The lowest BCUT2D eigenvalue weighted by Gasteiger charge is -2.34. The zero-order valence-electron chi connectivity index (χ0n) is 9.17. The van der Waals surface area contributed by atoms with Crippen molar-refractivity contribution >= 4 is 23.2 Å². The van der Waals surface area contributed by atoms with Gasteiger partial charge in [-0.2, -0.15) is 0 Å².